The number of aromatic amines is 1. The van der Waals surface area contributed by atoms with E-state index in [9.17, 15) is 9.59 Å². The Morgan fingerprint density at radius 2 is 2.09 bits per heavy atom. The van der Waals surface area contributed by atoms with Crippen molar-refractivity contribution in [2.75, 3.05) is 6.54 Å². The van der Waals surface area contributed by atoms with Crippen molar-refractivity contribution in [1.29, 1.82) is 0 Å². The van der Waals surface area contributed by atoms with E-state index in [0.29, 0.717) is 17.6 Å². The Bertz CT molecular complexity index is 750. The second-order valence-corrected chi connectivity index (χ2v) is 5.38. The quantitative estimate of drug-likeness (QED) is 0.751. The fourth-order valence-electron chi connectivity index (χ4n) is 2.45. The van der Waals surface area contributed by atoms with E-state index >= 15 is 0 Å². The molecule has 0 unspecified atom stereocenters. The molecule has 0 saturated carbocycles. The molecular weight excluding hydrogens is 306 g/mol. The van der Waals surface area contributed by atoms with E-state index in [-0.39, 0.29) is 36.3 Å². The molecule has 2 aromatic heterocycles. The largest absolute Gasteiger partial charge is 0.352 e. The van der Waals surface area contributed by atoms with Gasteiger partial charge in [-0.3, -0.25) is 19.4 Å². The first-order valence-corrected chi connectivity index (χ1v) is 6.89. The Balaban J connectivity index is 0.00000242. The number of rotatable bonds is 4. The smallest absolute Gasteiger partial charge is 0.273 e. The zero-order chi connectivity index (χ0) is 15.7. The van der Waals surface area contributed by atoms with Crippen LogP contribution in [0.15, 0.2) is 4.79 Å². The number of carbonyl (C=O) groups is 1. The summed E-state index contributed by atoms with van der Waals surface area (Å²) in [6.07, 6.45) is 0.194. The van der Waals surface area contributed by atoms with Crippen molar-refractivity contribution in [3.8, 4) is 0 Å². The molecule has 0 saturated heterocycles. The van der Waals surface area contributed by atoms with Crippen LogP contribution in [0.1, 0.15) is 23.7 Å². The predicted octanol–water partition coefficient (Wildman–Crippen LogP) is 0.306. The topological polar surface area (TPSA) is 106 Å². The maximum atomic E-state index is 12.0. The van der Waals surface area contributed by atoms with Gasteiger partial charge in [0.25, 0.3) is 5.56 Å². The third-order valence-corrected chi connectivity index (χ3v) is 3.67. The lowest BCUT2D eigenvalue weighted by molar-refractivity contribution is -0.121. The summed E-state index contributed by atoms with van der Waals surface area (Å²) in [5.41, 5.74) is 8.26. The molecule has 22 heavy (non-hydrogen) atoms. The Morgan fingerprint density at radius 1 is 1.45 bits per heavy atom. The van der Waals surface area contributed by atoms with E-state index in [4.69, 9.17) is 5.73 Å². The number of nitrogens with one attached hydrogen (secondary N) is 2. The van der Waals surface area contributed by atoms with Crippen LogP contribution in [0.25, 0.3) is 11.0 Å². The van der Waals surface area contributed by atoms with E-state index in [1.165, 1.54) is 0 Å². The maximum Gasteiger partial charge on any atom is 0.273 e. The molecule has 1 atom stereocenters. The zero-order valence-corrected chi connectivity index (χ0v) is 14.0. The van der Waals surface area contributed by atoms with Crippen molar-refractivity contribution in [3.05, 3.63) is 27.2 Å². The van der Waals surface area contributed by atoms with Gasteiger partial charge in [-0.2, -0.15) is 0 Å². The summed E-state index contributed by atoms with van der Waals surface area (Å²) >= 11 is 0. The standard InChI is InChI=1S/C14H21N5O2.ClH/c1-7(6-15)16-11(20)5-10-8(2)12-13(17-9(10)3)19(4)18-14(12)21;/h7H,5-6,15H2,1-4H3,(H,16,20)(H,18,21);1H/t7-;/m0./s1. The number of nitrogens with two attached hydrogens (primary N) is 1. The summed E-state index contributed by atoms with van der Waals surface area (Å²) in [5.74, 6) is -0.118. The summed E-state index contributed by atoms with van der Waals surface area (Å²) in [6.45, 7) is 5.93. The number of H-pyrrole nitrogens is 1. The van der Waals surface area contributed by atoms with Gasteiger partial charge in [0.2, 0.25) is 5.91 Å². The Labute approximate surface area is 134 Å². The molecule has 0 aromatic carbocycles. The summed E-state index contributed by atoms with van der Waals surface area (Å²) in [5, 5.41) is 6.04. The van der Waals surface area contributed by atoms with Crippen molar-refractivity contribution < 1.29 is 4.79 Å². The monoisotopic (exact) mass is 327 g/mol. The minimum absolute atomic E-state index is 0. The lowest BCUT2D eigenvalue weighted by Crippen LogP contribution is -2.38. The van der Waals surface area contributed by atoms with E-state index in [0.717, 1.165) is 16.8 Å². The van der Waals surface area contributed by atoms with Gasteiger partial charge in [-0.25, -0.2) is 4.98 Å². The van der Waals surface area contributed by atoms with Gasteiger partial charge < -0.3 is 11.1 Å². The van der Waals surface area contributed by atoms with E-state index in [1.54, 1.807) is 11.7 Å². The number of carbonyl (C=O) groups excluding carboxylic acids is 1. The van der Waals surface area contributed by atoms with E-state index in [1.807, 2.05) is 20.8 Å². The fourth-order valence-corrected chi connectivity index (χ4v) is 2.45. The number of pyridine rings is 1. The highest BCUT2D eigenvalue weighted by atomic mass is 35.5. The van der Waals surface area contributed by atoms with Gasteiger partial charge in [-0.15, -0.1) is 12.4 Å². The predicted molar refractivity (Wildman–Crippen MR) is 88.4 cm³/mol. The van der Waals surface area contributed by atoms with Gasteiger partial charge >= 0.3 is 0 Å². The average molecular weight is 328 g/mol. The summed E-state index contributed by atoms with van der Waals surface area (Å²) < 4.78 is 1.60. The van der Waals surface area contributed by atoms with Gasteiger partial charge in [0, 0.05) is 25.3 Å². The Kier molecular flexibility index (Phi) is 5.73. The Morgan fingerprint density at radius 3 is 2.68 bits per heavy atom. The summed E-state index contributed by atoms with van der Waals surface area (Å²) in [4.78, 5) is 28.4. The van der Waals surface area contributed by atoms with Crippen LogP contribution in [0.2, 0.25) is 0 Å². The number of nitrogens with zero attached hydrogens (tertiary/aromatic N) is 2. The molecule has 2 aromatic rings. The van der Waals surface area contributed by atoms with Crippen molar-refractivity contribution >= 4 is 29.3 Å². The average Bonchev–Trinajstić information content (AvgIpc) is 2.69. The normalized spacial score (nSPS) is 12.0. The van der Waals surface area contributed by atoms with Crippen LogP contribution < -0.4 is 16.6 Å². The molecule has 0 radical (unpaired) electrons. The van der Waals surface area contributed by atoms with E-state index < -0.39 is 0 Å². The number of aryl methyl sites for hydroxylation is 3. The molecule has 0 aliphatic heterocycles. The van der Waals surface area contributed by atoms with Crippen molar-refractivity contribution in [2.24, 2.45) is 12.8 Å². The number of hydrogen-bond acceptors (Lipinski definition) is 4. The van der Waals surface area contributed by atoms with Crippen LogP contribution in [-0.4, -0.2) is 33.3 Å². The SMILES string of the molecule is Cc1nc2c(c(C)c1CC(=O)N[C@@H](C)CN)c(=O)[nH]n2C.Cl. The van der Waals surface area contributed by atoms with Crippen LogP contribution in [0, 0.1) is 13.8 Å². The van der Waals surface area contributed by atoms with Crippen molar-refractivity contribution in [3.63, 3.8) is 0 Å². The number of aromatic nitrogens is 3. The third kappa shape index (κ3) is 3.31. The molecule has 7 nitrogen and oxygen atoms in total. The first-order valence-electron chi connectivity index (χ1n) is 6.89. The van der Waals surface area contributed by atoms with Crippen LogP contribution in [-0.2, 0) is 18.3 Å². The highest BCUT2D eigenvalue weighted by molar-refractivity contribution is 5.85. The molecule has 1 amide bonds. The lowest BCUT2D eigenvalue weighted by Gasteiger charge is -2.14. The number of amides is 1. The Hall–Kier alpha value is -1.86. The minimum Gasteiger partial charge on any atom is -0.352 e. The highest BCUT2D eigenvalue weighted by Gasteiger charge is 2.17. The molecule has 8 heteroatoms. The minimum atomic E-state index is -0.186. The third-order valence-electron chi connectivity index (χ3n) is 3.67. The maximum absolute atomic E-state index is 12.0. The zero-order valence-electron chi connectivity index (χ0n) is 13.2. The highest BCUT2D eigenvalue weighted by Crippen LogP contribution is 2.20. The van der Waals surface area contributed by atoms with Gasteiger partial charge in [0.05, 0.1) is 11.8 Å². The molecule has 2 heterocycles. The molecule has 4 N–H and O–H groups in total. The second-order valence-electron chi connectivity index (χ2n) is 5.38. The number of hydrogen-bond donors (Lipinski definition) is 3. The number of fused-ring (bicyclic) bond motifs is 1. The van der Waals surface area contributed by atoms with Crippen LogP contribution in [0.3, 0.4) is 0 Å². The molecule has 2 rings (SSSR count). The van der Waals surface area contributed by atoms with Crippen molar-refractivity contribution in [1.82, 2.24) is 20.1 Å². The van der Waals surface area contributed by atoms with Gasteiger partial charge in [-0.1, -0.05) is 0 Å². The molecule has 0 aliphatic rings. The van der Waals surface area contributed by atoms with Crippen molar-refractivity contribution in [2.45, 2.75) is 33.2 Å². The van der Waals surface area contributed by atoms with Gasteiger partial charge in [0.15, 0.2) is 5.65 Å². The first-order chi connectivity index (χ1) is 9.85. The van der Waals surface area contributed by atoms with Crippen LogP contribution in [0.5, 0.6) is 0 Å². The number of halogens is 1. The molecule has 122 valence electrons. The molecule has 0 fully saturated rings. The van der Waals surface area contributed by atoms with Crippen LogP contribution >= 0.6 is 12.4 Å². The van der Waals surface area contributed by atoms with Crippen LogP contribution in [0.4, 0.5) is 0 Å². The lowest BCUT2D eigenvalue weighted by atomic mass is 10.0. The molecule has 0 aliphatic carbocycles. The summed E-state index contributed by atoms with van der Waals surface area (Å²) in [6, 6.07) is -0.0741. The summed E-state index contributed by atoms with van der Waals surface area (Å²) in [7, 11) is 1.74. The molecule has 0 spiro atoms. The second kappa shape index (κ2) is 6.93. The first kappa shape index (κ1) is 18.2. The fraction of sp³-hybridized carbons (Fsp3) is 0.500. The van der Waals surface area contributed by atoms with E-state index in [2.05, 4.69) is 15.4 Å². The van der Waals surface area contributed by atoms with Gasteiger partial charge in [-0.05, 0) is 31.9 Å². The van der Waals surface area contributed by atoms with Gasteiger partial charge in [0.1, 0.15) is 0 Å². The molecule has 0 bridgehead atoms. The molecular formula is C14H22ClN5O2.